The number of nitrogens with one attached hydrogen (secondary N) is 1. The molecule has 0 radical (unpaired) electrons. The predicted molar refractivity (Wildman–Crippen MR) is 76.6 cm³/mol. The first kappa shape index (κ1) is 13.5. The lowest BCUT2D eigenvalue weighted by atomic mass is 9.85. The molecule has 1 unspecified atom stereocenters. The molecule has 0 aromatic carbocycles. The van der Waals surface area contributed by atoms with Crippen LogP contribution in [0.1, 0.15) is 51.5 Å². The lowest BCUT2D eigenvalue weighted by molar-refractivity contribution is 0.310. The maximum Gasteiger partial charge on any atom is 0.0270 e. The van der Waals surface area contributed by atoms with Crippen molar-refractivity contribution in [3.8, 4) is 0 Å². The fourth-order valence-corrected chi connectivity index (χ4v) is 2.84. The Hall–Kier alpha value is -0.890. The van der Waals surface area contributed by atoms with Crippen molar-refractivity contribution < 1.29 is 0 Å². The molecule has 0 spiro atoms. The van der Waals surface area contributed by atoms with Crippen LogP contribution in [-0.4, -0.2) is 17.6 Å². The minimum Gasteiger partial charge on any atom is -0.314 e. The molecule has 1 aliphatic carbocycles. The molecule has 0 bridgehead atoms. The first-order valence-corrected chi connectivity index (χ1v) is 7.28. The van der Waals surface area contributed by atoms with Gasteiger partial charge >= 0.3 is 0 Å². The molecule has 1 fully saturated rings. The summed E-state index contributed by atoms with van der Waals surface area (Å²) < 4.78 is 0. The third kappa shape index (κ3) is 4.41. The normalized spacial score (nSPS) is 23.6. The molecule has 1 atom stereocenters. The number of aromatic nitrogens is 1. The van der Waals surface area contributed by atoms with E-state index in [2.05, 4.69) is 36.3 Å². The fourth-order valence-electron chi connectivity index (χ4n) is 2.84. The first-order chi connectivity index (χ1) is 8.66. The van der Waals surface area contributed by atoms with Gasteiger partial charge in [-0.25, -0.2) is 0 Å². The number of hydrogen-bond donors (Lipinski definition) is 1. The second kappa shape index (κ2) is 6.33. The Morgan fingerprint density at radius 1 is 1.22 bits per heavy atom. The number of nitrogens with zero attached hydrogens (tertiary/aromatic N) is 1. The maximum atomic E-state index is 4.05. The molecule has 1 aliphatic rings. The van der Waals surface area contributed by atoms with E-state index < -0.39 is 0 Å². The van der Waals surface area contributed by atoms with Crippen molar-refractivity contribution in [3.63, 3.8) is 0 Å². The lowest BCUT2D eigenvalue weighted by Gasteiger charge is -2.22. The molecule has 1 N–H and O–H groups in total. The van der Waals surface area contributed by atoms with Gasteiger partial charge in [0.25, 0.3) is 0 Å². The third-order valence-corrected chi connectivity index (χ3v) is 4.17. The summed E-state index contributed by atoms with van der Waals surface area (Å²) >= 11 is 0. The summed E-state index contributed by atoms with van der Waals surface area (Å²) in [6.07, 6.45) is 11.7. The second-order valence-corrected chi connectivity index (χ2v) is 6.35. The molecule has 2 heteroatoms. The van der Waals surface area contributed by atoms with E-state index in [4.69, 9.17) is 0 Å². The molecule has 1 heterocycles. The molecule has 0 saturated heterocycles. The van der Waals surface area contributed by atoms with Crippen LogP contribution in [0.25, 0.3) is 0 Å². The van der Waals surface area contributed by atoms with E-state index in [0.717, 1.165) is 19.0 Å². The van der Waals surface area contributed by atoms with Crippen LogP contribution in [0.3, 0.4) is 0 Å². The lowest BCUT2D eigenvalue weighted by Crippen LogP contribution is -2.30. The van der Waals surface area contributed by atoms with Crippen molar-refractivity contribution in [3.05, 3.63) is 30.1 Å². The van der Waals surface area contributed by atoms with Gasteiger partial charge in [0, 0.05) is 18.4 Å². The van der Waals surface area contributed by atoms with E-state index in [1.807, 2.05) is 12.4 Å². The summed E-state index contributed by atoms with van der Waals surface area (Å²) in [7, 11) is 0. The zero-order valence-electron chi connectivity index (χ0n) is 11.8. The summed E-state index contributed by atoms with van der Waals surface area (Å²) in [5.41, 5.74) is 1.94. The van der Waals surface area contributed by atoms with Gasteiger partial charge in [-0.05, 0) is 61.8 Å². The monoisotopic (exact) mass is 246 g/mol. The zero-order valence-corrected chi connectivity index (χ0v) is 11.8. The van der Waals surface area contributed by atoms with Crippen molar-refractivity contribution in [1.29, 1.82) is 0 Å². The van der Waals surface area contributed by atoms with Crippen LogP contribution in [-0.2, 0) is 6.42 Å². The highest BCUT2D eigenvalue weighted by Crippen LogP contribution is 2.33. The van der Waals surface area contributed by atoms with Gasteiger partial charge in [0.2, 0.25) is 0 Å². The number of pyridine rings is 1. The van der Waals surface area contributed by atoms with Gasteiger partial charge in [-0.2, -0.15) is 0 Å². The quantitative estimate of drug-likeness (QED) is 0.822. The molecule has 100 valence electrons. The number of rotatable bonds is 4. The van der Waals surface area contributed by atoms with Crippen LogP contribution in [0.4, 0.5) is 0 Å². The van der Waals surface area contributed by atoms with Gasteiger partial charge in [-0.3, -0.25) is 4.98 Å². The Kier molecular flexibility index (Phi) is 4.76. The highest BCUT2D eigenvalue weighted by atomic mass is 14.9. The molecule has 1 aromatic rings. The molecule has 1 saturated carbocycles. The highest BCUT2D eigenvalue weighted by molar-refractivity contribution is 5.09. The topological polar surface area (TPSA) is 24.9 Å². The Balaban J connectivity index is 1.71. The summed E-state index contributed by atoms with van der Waals surface area (Å²) in [4.78, 5) is 4.05. The minimum absolute atomic E-state index is 0.557. The average molecular weight is 246 g/mol. The van der Waals surface area contributed by atoms with E-state index in [-0.39, 0.29) is 0 Å². The average Bonchev–Trinajstić information content (AvgIpc) is 2.52. The SMILES string of the molecule is CC1(C)CCCC(NCCc2ccncc2)CC1. The van der Waals surface area contributed by atoms with Crippen LogP contribution in [0.5, 0.6) is 0 Å². The third-order valence-electron chi connectivity index (χ3n) is 4.17. The molecule has 18 heavy (non-hydrogen) atoms. The summed E-state index contributed by atoms with van der Waals surface area (Å²) in [5, 5.41) is 3.73. The van der Waals surface area contributed by atoms with Crippen LogP contribution < -0.4 is 5.32 Å². The van der Waals surface area contributed by atoms with Crippen molar-refractivity contribution in [2.24, 2.45) is 5.41 Å². The molecular formula is C16H26N2. The van der Waals surface area contributed by atoms with E-state index in [0.29, 0.717) is 5.41 Å². The largest absolute Gasteiger partial charge is 0.314 e. The van der Waals surface area contributed by atoms with Gasteiger partial charge in [-0.1, -0.05) is 20.3 Å². The van der Waals surface area contributed by atoms with Gasteiger partial charge in [0.15, 0.2) is 0 Å². The van der Waals surface area contributed by atoms with Crippen molar-refractivity contribution in [1.82, 2.24) is 10.3 Å². The van der Waals surface area contributed by atoms with Gasteiger partial charge < -0.3 is 5.32 Å². The highest BCUT2D eigenvalue weighted by Gasteiger charge is 2.23. The van der Waals surface area contributed by atoms with Crippen LogP contribution >= 0.6 is 0 Å². The van der Waals surface area contributed by atoms with Crippen LogP contribution in [0, 0.1) is 5.41 Å². The van der Waals surface area contributed by atoms with Crippen molar-refractivity contribution in [2.45, 2.75) is 58.4 Å². The second-order valence-electron chi connectivity index (χ2n) is 6.35. The van der Waals surface area contributed by atoms with Gasteiger partial charge in [0.1, 0.15) is 0 Å². The van der Waals surface area contributed by atoms with E-state index in [1.165, 1.54) is 37.7 Å². The maximum absolute atomic E-state index is 4.05. The molecule has 1 aromatic heterocycles. The smallest absolute Gasteiger partial charge is 0.0270 e. The summed E-state index contributed by atoms with van der Waals surface area (Å²) in [5.74, 6) is 0. The van der Waals surface area contributed by atoms with Gasteiger partial charge in [0.05, 0.1) is 0 Å². The van der Waals surface area contributed by atoms with E-state index in [1.54, 1.807) is 0 Å². The summed E-state index contributed by atoms with van der Waals surface area (Å²) in [6.45, 7) is 5.91. The molecule has 0 aliphatic heterocycles. The first-order valence-electron chi connectivity index (χ1n) is 7.28. The Labute approximate surface area is 111 Å². The van der Waals surface area contributed by atoms with Gasteiger partial charge in [-0.15, -0.1) is 0 Å². The fraction of sp³-hybridized carbons (Fsp3) is 0.688. The molecule has 0 amide bonds. The van der Waals surface area contributed by atoms with Crippen LogP contribution in [0.2, 0.25) is 0 Å². The Bertz CT molecular complexity index is 345. The molecule has 2 nitrogen and oxygen atoms in total. The Morgan fingerprint density at radius 3 is 2.78 bits per heavy atom. The standard InChI is InChI=1S/C16H26N2/c1-16(2)9-3-4-15(5-10-16)18-13-8-14-6-11-17-12-7-14/h6-7,11-12,15,18H,3-5,8-10,13H2,1-2H3. The van der Waals surface area contributed by atoms with Crippen LogP contribution in [0.15, 0.2) is 24.5 Å². The molecule has 2 rings (SSSR count). The number of hydrogen-bond acceptors (Lipinski definition) is 2. The van der Waals surface area contributed by atoms with E-state index in [9.17, 15) is 0 Å². The molecular weight excluding hydrogens is 220 g/mol. The van der Waals surface area contributed by atoms with E-state index >= 15 is 0 Å². The Morgan fingerprint density at radius 2 is 2.00 bits per heavy atom. The predicted octanol–water partition coefficient (Wildman–Crippen LogP) is 3.57. The van der Waals surface area contributed by atoms with Crippen molar-refractivity contribution in [2.75, 3.05) is 6.54 Å². The summed E-state index contributed by atoms with van der Waals surface area (Å²) in [6, 6.07) is 4.95. The minimum atomic E-state index is 0.557. The zero-order chi connectivity index (χ0) is 12.8. The van der Waals surface area contributed by atoms with Crippen molar-refractivity contribution >= 4 is 0 Å².